The van der Waals surface area contributed by atoms with Crippen molar-refractivity contribution in [2.75, 3.05) is 6.54 Å². The second-order valence-corrected chi connectivity index (χ2v) is 6.46. The van der Waals surface area contributed by atoms with Gasteiger partial charge in [-0.3, -0.25) is 0 Å². The molecule has 17 heavy (non-hydrogen) atoms. The number of rotatable bonds is 5. The van der Waals surface area contributed by atoms with Gasteiger partial charge in [0.05, 0.1) is 0 Å². The molecule has 3 rings (SSSR count). The average molecular weight is 249 g/mol. The van der Waals surface area contributed by atoms with Gasteiger partial charge in [0.25, 0.3) is 0 Å². The summed E-state index contributed by atoms with van der Waals surface area (Å²) in [6, 6.07) is 2.97. The fraction of sp³-hybridized carbons (Fsp3) is 0.733. The topological polar surface area (TPSA) is 12.0 Å². The van der Waals surface area contributed by atoms with Crippen LogP contribution in [0.1, 0.15) is 50.6 Å². The van der Waals surface area contributed by atoms with E-state index in [4.69, 9.17) is 0 Å². The van der Waals surface area contributed by atoms with Crippen molar-refractivity contribution in [2.45, 2.75) is 45.1 Å². The lowest BCUT2D eigenvalue weighted by atomic mass is 10.0. The van der Waals surface area contributed by atoms with Gasteiger partial charge in [0, 0.05) is 6.04 Å². The Labute approximate surface area is 109 Å². The zero-order valence-corrected chi connectivity index (χ0v) is 11.5. The van der Waals surface area contributed by atoms with Crippen molar-refractivity contribution < 1.29 is 0 Å². The molecule has 0 radical (unpaired) electrons. The zero-order valence-electron chi connectivity index (χ0n) is 10.7. The molecule has 2 saturated carbocycles. The molecule has 0 aliphatic heterocycles. The van der Waals surface area contributed by atoms with Crippen LogP contribution in [0.2, 0.25) is 0 Å². The summed E-state index contributed by atoms with van der Waals surface area (Å²) in [5, 5.41) is 8.37. The van der Waals surface area contributed by atoms with Crippen LogP contribution >= 0.6 is 11.3 Å². The quantitative estimate of drug-likeness (QED) is 0.823. The van der Waals surface area contributed by atoms with Crippen LogP contribution in [0.4, 0.5) is 0 Å². The van der Waals surface area contributed by atoms with E-state index in [1.165, 1.54) is 32.1 Å². The van der Waals surface area contributed by atoms with E-state index in [-0.39, 0.29) is 0 Å². The van der Waals surface area contributed by atoms with Crippen LogP contribution in [0.5, 0.6) is 0 Å². The summed E-state index contributed by atoms with van der Waals surface area (Å²) in [5.41, 5.74) is 1.54. The highest BCUT2D eigenvalue weighted by Gasteiger charge is 2.54. The third-order valence-corrected chi connectivity index (χ3v) is 5.33. The van der Waals surface area contributed by atoms with E-state index in [1.807, 2.05) is 11.3 Å². The molecule has 1 heterocycles. The first-order valence-corrected chi connectivity index (χ1v) is 8.11. The maximum absolute atomic E-state index is 3.80. The molecule has 0 amide bonds. The van der Waals surface area contributed by atoms with Gasteiger partial charge in [0.2, 0.25) is 0 Å². The Morgan fingerprint density at radius 3 is 2.71 bits per heavy atom. The lowest BCUT2D eigenvalue weighted by molar-refractivity contribution is 0.446. The van der Waals surface area contributed by atoms with Crippen LogP contribution in [0, 0.1) is 17.8 Å². The van der Waals surface area contributed by atoms with Gasteiger partial charge in [-0.15, -0.1) is 0 Å². The molecule has 0 bridgehead atoms. The van der Waals surface area contributed by atoms with Gasteiger partial charge in [-0.2, -0.15) is 11.3 Å². The summed E-state index contributed by atoms with van der Waals surface area (Å²) in [6.07, 6.45) is 7.17. The van der Waals surface area contributed by atoms with E-state index in [2.05, 4.69) is 29.1 Å². The van der Waals surface area contributed by atoms with Crippen molar-refractivity contribution in [1.82, 2.24) is 5.32 Å². The molecule has 2 fully saturated rings. The molecule has 1 aromatic rings. The summed E-state index contributed by atoms with van der Waals surface area (Å²) in [4.78, 5) is 0. The maximum atomic E-state index is 3.80. The highest BCUT2D eigenvalue weighted by molar-refractivity contribution is 7.07. The Hall–Kier alpha value is -0.340. The molecule has 1 nitrogen and oxygen atoms in total. The van der Waals surface area contributed by atoms with Crippen molar-refractivity contribution in [3.05, 3.63) is 22.4 Å². The molecule has 2 aliphatic carbocycles. The normalized spacial score (nSPS) is 33.1. The third-order valence-electron chi connectivity index (χ3n) is 4.62. The monoisotopic (exact) mass is 249 g/mol. The van der Waals surface area contributed by atoms with Crippen LogP contribution in [0.3, 0.4) is 0 Å². The van der Waals surface area contributed by atoms with Crippen LogP contribution in [0.25, 0.3) is 0 Å². The second-order valence-electron chi connectivity index (χ2n) is 5.68. The molecular weight excluding hydrogens is 226 g/mol. The highest BCUT2D eigenvalue weighted by atomic mass is 32.1. The van der Waals surface area contributed by atoms with Gasteiger partial charge in [-0.05, 0) is 66.0 Å². The molecular formula is C15H23NS. The SMILES string of the molecule is CCCNC(c1ccsc1)C1C2CCCCC21. The molecule has 1 N–H and O–H groups in total. The van der Waals surface area contributed by atoms with Gasteiger partial charge < -0.3 is 5.32 Å². The van der Waals surface area contributed by atoms with E-state index in [1.54, 1.807) is 5.56 Å². The Kier molecular flexibility index (Phi) is 3.53. The summed E-state index contributed by atoms with van der Waals surface area (Å²) < 4.78 is 0. The van der Waals surface area contributed by atoms with Crippen molar-refractivity contribution >= 4 is 11.3 Å². The Morgan fingerprint density at radius 2 is 2.12 bits per heavy atom. The number of hydrogen-bond acceptors (Lipinski definition) is 2. The van der Waals surface area contributed by atoms with Crippen LogP contribution < -0.4 is 5.32 Å². The van der Waals surface area contributed by atoms with E-state index in [9.17, 15) is 0 Å². The highest BCUT2D eigenvalue weighted by Crippen LogP contribution is 2.60. The van der Waals surface area contributed by atoms with Gasteiger partial charge in [-0.1, -0.05) is 19.8 Å². The maximum Gasteiger partial charge on any atom is 0.0362 e. The smallest absolute Gasteiger partial charge is 0.0362 e. The number of fused-ring (bicyclic) bond motifs is 1. The Balaban J connectivity index is 1.71. The van der Waals surface area contributed by atoms with Crippen molar-refractivity contribution in [1.29, 1.82) is 0 Å². The molecule has 94 valence electrons. The predicted molar refractivity (Wildman–Crippen MR) is 74.3 cm³/mol. The van der Waals surface area contributed by atoms with Crippen molar-refractivity contribution in [2.24, 2.45) is 17.8 Å². The Morgan fingerprint density at radius 1 is 1.35 bits per heavy atom. The number of thiophene rings is 1. The van der Waals surface area contributed by atoms with Crippen LogP contribution in [0.15, 0.2) is 16.8 Å². The standard InChI is InChI=1S/C15H23NS/c1-2-8-16-15(11-7-9-17-10-11)14-12-5-3-4-6-13(12)14/h7,9-10,12-16H,2-6,8H2,1H3. The fourth-order valence-electron chi connectivity index (χ4n) is 3.77. The van der Waals surface area contributed by atoms with Crippen LogP contribution in [-0.4, -0.2) is 6.54 Å². The van der Waals surface area contributed by atoms with Gasteiger partial charge in [-0.25, -0.2) is 0 Å². The van der Waals surface area contributed by atoms with E-state index < -0.39 is 0 Å². The minimum Gasteiger partial charge on any atom is -0.310 e. The summed E-state index contributed by atoms with van der Waals surface area (Å²) in [5.74, 6) is 3.02. The molecule has 2 heteroatoms. The average Bonchev–Trinajstić information content (AvgIpc) is 2.83. The van der Waals surface area contributed by atoms with Gasteiger partial charge in [0.1, 0.15) is 0 Å². The first-order chi connectivity index (χ1) is 8.42. The first-order valence-electron chi connectivity index (χ1n) is 7.17. The molecule has 3 atom stereocenters. The minimum atomic E-state index is 0.647. The van der Waals surface area contributed by atoms with E-state index in [0.29, 0.717) is 6.04 Å². The van der Waals surface area contributed by atoms with Crippen molar-refractivity contribution in [3.63, 3.8) is 0 Å². The Bertz CT molecular complexity index is 334. The summed E-state index contributed by atoms with van der Waals surface area (Å²) in [6.45, 7) is 3.42. The molecule has 0 saturated heterocycles. The summed E-state index contributed by atoms with van der Waals surface area (Å²) >= 11 is 1.84. The van der Waals surface area contributed by atoms with E-state index in [0.717, 1.165) is 24.3 Å². The fourth-order valence-corrected chi connectivity index (χ4v) is 4.47. The number of hydrogen-bond donors (Lipinski definition) is 1. The van der Waals surface area contributed by atoms with Gasteiger partial charge >= 0.3 is 0 Å². The van der Waals surface area contributed by atoms with Gasteiger partial charge in [0.15, 0.2) is 0 Å². The molecule has 2 aliphatic rings. The molecule has 0 aromatic carbocycles. The lowest BCUT2D eigenvalue weighted by Crippen LogP contribution is -2.24. The molecule has 3 unspecified atom stereocenters. The molecule has 1 aromatic heterocycles. The van der Waals surface area contributed by atoms with E-state index >= 15 is 0 Å². The third kappa shape index (κ3) is 2.30. The van der Waals surface area contributed by atoms with Crippen LogP contribution in [-0.2, 0) is 0 Å². The predicted octanol–water partition coefficient (Wildman–Crippen LogP) is 4.23. The second kappa shape index (κ2) is 5.11. The molecule has 0 spiro atoms. The first kappa shape index (κ1) is 11.7. The lowest BCUT2D eigenvalue weighted by Gasteiger charge is -2.18. The minimum absolute atomic E-state index is 0.647. The number of nitrogens with one attached hydrogen (secondary N) is 1. The summed E-state index contributed by atoms with van der Waals surface area (Å²) in [7, 11) is 0. The van der Waals surface area contributed by atoms with Crippen molar-refractivity contribution in [3.8, 4) is 0 Å². The zero-order chi connectivity index (χ0) is 11.7. The largest absolute Gasteiger partial charge is 0.310 e.